The van der Waals surface area contributed by atoms with E-state index < -0.39 is 10.0 Å². The van der Waals surface area contributed by atoms with Crippen molar-refractivity contribution in [1.82, 2.24) is 14.7 Å². The van der Waals surface area contributed by atoms with Gasteiger partial charge in [0.15, 0.2) is 0 Å². The van der Waals surface area contributed by atoms with E-state index in [0.29, 0.717) is 12.0 Å². The number of fused-ring (bicyclic) bond motifs is 3. The number of hydrogen-bond acceptors (Lipinski definition) is 4. The molecule has 0 bridgehead atoms. The van der Waals surface area contributed by atoms with Crippen molar-refractivity contribution in [2.24, 2.45) is 5.92 Å². The van der Waals surface area contributed by atoms with Gasteiger partial charge in [0.2, 0.25) is 10.0 Å². The molecule has 3 aliphatic rings. The van der Waals surface area contributed by atoms with E-state index >= 15 is 0 Å². The van der Waals surface area contributed by atoms with E-state index in [1.807, 2.05) is 12.4 Å². The van der Waals surface area contributed by atoms with Gasteiger partial charge in [0.1, 0.15) is 5.65 Å². The SMILES string of the molecule is CCC1CC(NS(=O)(=O)C2CC2)CC1N1CCCc2cnc3[nH]ccc3c21. The highest BCUT2D eigenvalue weighted by atomic mass is 32.2. The Balaban J connectivity index is 1.45. The predicted molar refractivity (Wildman–Crippen MR) is 107 cm³/mol. The molecule has 27 heavy (non-hydrogen) atoms. The monoisotopic (exact) mass is 388 g/mol. The summed E-state index contributed by atoms with van der Waals surface area (Å²) in [6, 6.07) is 2.59. The molecule has 5 rings (SSSR count). The van der Waals surface area contributed by atoms with Crippen molar-refractivity contribution in [3.63, 3.8) is 0 Å². The Kier molecular flexibility index (Phi) is 4.20. The fourth-order valence-electron chi connectivity index (χ4n) is 5.17. The standard InChI is InChI=1S/C20H28N4O2S/c1-2-13-10-15(23-27(25,26)16-5-6-16)11-18(13)24-9-3-4-14-12-22-20-17(19(14)24)7-8-21-20/h7-8,12-13,15-16,18,23H,2-6,9-11H2,1H3,(H,21,22). The average Bonchev–Trinajstić information content (AvgIpc) is 3.30. The Bertz CT molecular complexity index is 950. The summed E-state index contributed by atoms with van der Waals surface area (Å²) in [5.74, 6) is 0.519. The van der Waals surface area contributed by atoms with Crippen molar-refractivity contribution < 1.29 is 8.42 Å². The zero-order valence-corrected chi connectivity index (χ0v) is 16.6. The van der Waals surface area contributed by atoms with Crippen LogP contribution in [0.25, 0.3) is 11.0 Å². The van der Waals surface area contributed by atoms with Crippen LogP contribution in [0.3, 0.4) is 0 Å². The normalized spacial score (nSPS) is 28.6. The zero-order chi connectivity index (χ0) is 18.6. The number of rotatable bonds is 5. The molecule has 0 spiro atoms. The van der Waals surface area contributed by atoms with Crippen LogP contribution in [-0.4, -0.2) is 42.3 Å². The maximum atomic E-state index is 12.4. The Labute approximate surface area is 160 Å². The highest BCUT2D eigenvalue weighted by Gasteiger charge is 2.43. The summed E-state index contributed by atoms with van der Waals surface area (Å²) in [5.41, 5.74) is 3.59. The van der Waals surface area contributed by atoms with Gasteiger partial charge in [-0.05, 0) is 56.1 Å². The molecule has 2 N–H and O–H groups in total. The Morgan fingerprint density at radius 2 is 2.19 bits per heavy atom. The lowest BCUT2D eigenvalue weighted by Gasteiger charge is -2.39. The molecule has 0 radical (unpaired) electrons. The highest BCUT2D eigenvalue weighted by molar-refractivity contribution is 7.90. The second-order valence-electron chi connectivity index (χ2n) is 8.44. The molecule has 7 heteroatoms. The third kappa shape index (κ3) is 3.05. The second-order valence-corrected chi connectivity index (χ2v) is 10.4. The van der Waals surface area contributed by atoms with Crippen molar-refractivity contribution in [3.05, 3.63) is 24.0 Å². The molecule has 146 valence electrons. The summed E-state index contributed by atoms with van der Waals surface area (Å²) in [6.07, 6.45) is 10.8. The lowest BCUT2D eigenvalue weighted by Crippen LogP contribution is -2.42. The summed E-state index contributed by atoms with van der Waals surface area (Å²) < 4.78 is 27.9. The van der Waals surface area contributed by atoms with Crippen LogP contribution < -0.4 is 9.62 Å². The van der Waals surface area contributed by atoms with Crippen LogP contribution in [0, 0.1) is 5.92 Å². The molecular weight excluding hydrogens is 360 g/mol. The molecule has 0 aromatic carbocycles. The van der Waals surface area contributed by atoms with Crippen LogP contribution in [0.15, 0.2) is 18.5 Å². The topological polar surface area (TPSA) is 78.1 Å². The van der Waals surface area contributed by atoms with E-state index in [0.717, 1.165) is 57.1 Å². The molecular formula is C20H28N4O2S. The Morgan fingerprint density at radius 3 is 2.96 bits per heavy atom. The first-order valence-corrected chi connectivity index (χ1v) is 11.8. The van der Waals surface area contributed by atoms with Crippen LogP contribution >= 0.6 is 0 Å². The number of H-pyrrole nitrogens is 1. The van der Waals surface area contributed by atoms with Gasteiger partial charge in [-0.1, -0.05) is 13.3 Å². The number of hydrogen-bond donors (Lipinski definition) is 2. The molecule has 3 atom stereocenters. The van der Waals surface area contributed by atoms with Gasteiger partial charge in [0.25, 0.3) is 0 Å². The van der Waals surface area contributed by atoms with E-state index in [9.17, 15) is 8.42 Å². The molecule has 3 unspecified atom stereocenters. The highest BCUT2D eigenvalue weighted by Crippen LogP contribution is 2.42. The largest absolute Gasteiger partial charge is 0.367 e. The second kappa shape index (κ2) is 6.48. The average molecular weight is 389 g/mol. The first-order chi connectivity index (χ1) is 13.1. The first kappa shape index (κ1) is 17.5. The molecule has 1 aliphatic heterocycles. The molecule has 0 amide bonds. The fourth-order valence-corrected chi connectivity index (χ4v) is 6.77. The predicted octanol–water partition coefficient (Wildman–Crippen LogP) is 2.95. The number of nitrogens with one attached hydrogen (secondary N) is 2. The molecule has 2 aromatic heterocycles. The molecule has 3 heterocycles. The van der Waals surface area contributed by atoms with Crippen molar-refractivity contribution >= 4 is 26.7 Å². The van der Waals surface area contributed by atoms with E-state index in [4.69, 9.17) is 0 Å². The number of nitrogens with zero attached hydrogens (tertiary/aromatic N) is 2. The molecule has 2 saturated carbocycles. The summed E-state index contributed by atoms with van der Waals surface area (Å²) in [5, 5.41) is 1.06. The van der Waals surface area contributed by atoms with Gasteiger partial charge in [-0.3, -0.25) is 0 Å². The number of aryl methyl sites for hydroxylation is 1. The Hall–Kier alpha value is -1.60. The smallest absolute Gasteiger partial charge is 0.214 e. The van der Waals surface area contributed by atoms with Crippen LogP contribution in [0.2, 0.25) is 0 Å². The zero-order valence-electron chi connectivity index (χ0n) is 15.8. The van der Waals surface area contributed by atoms with Gasteiger partial charge in [0.05, 0.1) is 10.9 Å². The van der Waals surface area contributed by atoms with Gasteiger partial charge >= 0.3 is 0 Å². The van der Waals surface area contributed by atoms with Gasteiger partial charge in [0, 0.05) is 36.4 Å². The molecule has 2 aliphatic carbocycles. The number of anilines is 1. The Morgan fingerprint density at radius 1 is 1.33 bits per heavy atom. The lowest BCUT2D eigenvalue weighted by molar-refractivity contribution is 0.427. The first-order valence-electron chi connectivity index (χ1n) is 10.3. The molecule has 2 aromatic rings. The van der Waals surface area contributed by atoms with Crippen molar-refractivity contribution in [3.8, 4) is 0 Å². The number of aromatic nitrogens is 2. The number of pyridine rings is 1. The van der Waals surface area contributed by atoms with Crippen LogP contribution in [0.5, 0.6) is 0 Å². The molecule has 6 nitrogen and oxygen atoms in total. The summed E-state index contributed by atoms with van der Waals surface area (Å²) in [7, 11) is -3.13. The third-order valence-electron chi connectivity index (χ3n) is 6.64. The van der Waals surface area contributed by atoms with E-state index in [2.05, 4.69) is 32.6 Å². The van der Waals surface area contributed by atoms with Crippen molar-refractivity contribution in [1.29, 1.82) is 0 Å². The molecule has 2 fully saturated rings. The van der Waals surface area contributed by atoms with E-state index in [1.165, 1.54) is 16.6 Å². The lowest BCUT2D eigenvalue weighted by atomic mass is 9.94. The minimum Gasteiger partial charge on any atom is -0.367 e. The minimum absolute atomic E-state index is 0.0690. The van der Waals surface area contributed by atoms with Crippen molar-refractivity contribution in [2.45, 2.75) is 69.2 Å². The molecule has 0 saturated heterocycles. The summed E-state index contributed by atoms with van der Waals surface area (Å²) in [6.45, 7) is 3.28. The third-order valence-corrected chi connectivity index (χ3v) is 8.65. The van der Waals surface area contributed by atoms with Crippen LogP contribution in [-0.2, 0) is 16.4 Å². The van der Waals surface area contributed by atoms with Gasteiger partial charge < -0.3 is 9.88 Å². The van der Waals surface area contributed by atoms with E-state index in [-0.39, 0.29) is 11.3 Å². The quantitative estimate of drug-likeness (QED) is 0.825. The van der Waals surface area contributed by atoms with Crippen LogP contribution in [0.4, 0.5) is 5.69 Å². The fraction of sp³-hybridized carbons (Fsp3) is 0.650. The maximum Gasteiger partial charge on any atom is 0.214 e. The maximum absolute atomic E-state index is 12.4. The van der Waals surface area contributed by atoms with Gasteiger partial charge in [-0.15, -0.1) is 0 Å². The van der Waals surface area contributed by atoms with Gasteiger partial charge in [-0.25, -0.2) is 18.1 Å². The number of sulfonamides is 1. The van der Waals surface area contributed by atoms with E-state index in [1.54, 1.807) is 0 Å². The minimum atomic E-state index is -3.13. The summed E-state index contributed by atoms with van der Waals surface area (Å²) >= 11 is 0. The number of aromatic amines is 1. The van der Waals surface area contributed by atoms with Crippen LogP contribution in [0.1, 0.15) is 51.0 Å². The summed E-state index contributed by atoms with van der Waals surface area (Å²) in [4.78, 5) is 10.4. The van der Waals surface area contributed by atoms with Gasteiger partial charge in [-0.2, -0.15) is 0 Å². The van der Waals surface area contributed by atoms with Crippen molar-refractivity contribution in [2.75, 3.05) is 11.4 Å².